The Kier molecular flexibility index (Phi) is 6.84. The zero-order chi connectivity index (χ0) is 29.3. The number of rotatable bonds is 5. The van der Waals surface area contributed by atoms with Crippen molar-refractivity contribution in [1.82, 2.24) is 9.80 Å². The van der Waals surface area contributed by atoms with Crippen molar-refractivity contribution in [3.05, 3.63) is 40.2 Å². The number of hydrogen-bond donors (Lipinski definition) is 7. The highest BCUT2D eigenvalue weighted by molar-refractivity contribution is 6.24. The summed E-state index contributed by atoms with van der Waals surface area (Å²) in [4.78, 5) is 54.4. The van der Waals surface area contributed by atoms with E-state index >= 15 is 0 Å². The summed E-state index contributed by atoms with van der Waals surface area (Å²) in [5, 5.41) is 59.1. The maximum absolute atomic E-state index is 14.0. The monoisotopic (exact) mass is 544 g/mol. The summed E-state index contributed by atoms with van der Waals surface area (Å²) >= 11 is 0. The molecular formula is C26H32N4O9. The molecule has 39 heavy (non-hydrogen) atoms. The Morgan fingerprint density at radius 2 is 1.72 bits per heavy atom. The Balaban J connectivity index is 1.95. The lowest BCUT2D eigenvalue weighted by Gasteiger charge is -2.53. The number of aliphatic hydroxyl groups is 4. The molecule has 3 unspecified atom stereocenters. The van der Waals surface area contributed by atoms with Crippen LogP contribution in [0.3, 0.4) is 0 Å². The van der Waals surface area contributed by atoms with Gasteiger partial charge in [0.2, 0.25) is 11.7 Å². The summed E-state index contributed by atoms with van der Waals surface area (Å²) in [6, 6.07) is 1.52. The van der Waals surface area contributed by atoms with Gasteiger partial charge < -0.3 is 41.5 Å². The number of aromatic hydroxyl groups is 1. The smallest absolute Gasteiger partial charge is 0.255 e. The molecule has 1 aromatic carbocycles. The van der Waals surface area contributed by atoms with Gasteiger partial charge in [0, 0.05) is 11.5 Å². The van der Waals surface area contributed by atoms with Crippen molar-refractivity contribution in [3.63, 3.8) is 0 Å². The zero-order valence-corrected chi connectivity index (χ0v) is 22.1. The highest BCUT2D eigenvalue weighted by atomic mass is 16.4. The zero-order valence-electron chi connectivity index (χ0n) is 22.1. The number of ketones is 2. The minimum Gasteiger partial charge on any atom is -0.508 e. The SMILES string of the molecule is CC1c2ccc(NC(=O)CN(C)C)c(O)c2C(O)=C2C(=O)[C@]3(O)C(O)=C(C(N)=O)C(=O)[C@@H](N(C)C)C3[C@@H](O)C21. The van der Waals surface area contributed by atoms with Gasteiger partial charge in [-0.25, -0.2) is 0 Å². The van der Waals surface area contributed by atoms with Gasteiger partial charge in [-0.2, -0.15) is 0 Å². The molecule has 0 aliphatic heterocycles. The first-order valence-corrected chi connectivity index (χ1v) is 12.2. The summed E-state index contributed by atoms with van der Waals surface area (Å²) in [6.07, 6.45) is -1.68. The van der Waals surface area contributed by atoms with Crippen molar-refractivity contribution < 1.29 is 44.7 Å². The summed E-state index contributed by atoms with van der Waals surface area (Å²) in [5.41, 5.74) is 0.921. The Hall–Kier alpha value is -3.78. The van der Waals surface area contributed by atoms with Crippen LogP contribution >= 0.6 is 0 Å². The number of nitrogens with two attached hydrogens (primary N) is 1. The van der Waals surface area contributed by atoms with Crippen LogP contribution in [-0.4, -0.2) is 111 Å². The molecule has 210 valence electrons. The number of nitrogens with one attached hydrogen (secondary N) is 1. The second kappa shape index (κ2) is 9.45. The molecule has 0 aromatic heterocycles. The van der Waals surface area contributed by atoms with E-state index in [9.17, 15) is 44.7 Å². The number of aliphatic hydroxyl groups excluding tert-OH is 3. The van der Waals surface area contributed by atoms with Crippen molar-refractivity contribution in [3.8, 4) is 5.75 Å². The topological polar surface area (TPSA) is 214 Å². The second-order valence-corrected chi connectivity index (χ2v) is 10.8. The number of Topliss-reactive ketones (excluding diaryl/α,β-unsaturated/α-hetero) is 2. The number of fused-ring (bicyclic) bond motifs is 3. The predicted octanol–water partition coefficient (Wildman–Crippen LogP) is -1.00. The van der Waals surface area contributed by atoms with Gasteiger partial charge in [0.25, 0.3) is 5.91 Å². The first kappa shape index (κ1) is 28.2. The molecule has 3 aliphatic carbocycles. The molecular weight excluding hydrogens is 512 g/mol. The van der Waals surface area contributed by atoms with Gasteiger partial charge >= 0.3 is 0 Å². The summed E-state index contributed by atoms with van der Waals surface area (Å²) in [5.74, 6) is -10.2. The number of nitrogens with zero attached hydrogens (tertiary/aromatic N) is 2. The van der Waals surface area contributed by atoms with Gasteiger partial charge in [-0.1, -0.05) is 13.0 Å². The average molecular weight is 545 g/mol. The number of amides is 2. The van der Waals surface area contributed by atoms with Crippen LogP contribution in [0, 0.1) is 11.8 Å². The molecule has 0 spiro atoms. The molecule has 0 saturated heterocycles. The minimum atomic E-state index is -2.99. The van der Waals surface area contributed by atoms with Gasteiger partial charge in [0.15, 0.2) is 11.4 Å². The van der Waals surface area contributed by atoms with E-state index in [1.165, 1.54) is 31.1 Å². The van der Waals surface area contributed by atoms with Crippen molar-refractivity contribution >= 4 is 34.8 Å². The molecule has 0 bridgehead atoms. The van der Waals surface area contributed by atoms with Crippen LogP contribution < -0.4 is 11.1 Å². The maximum Gasteiger partial charge on any atom is 0.255 e. The lowest BCUT2D eigenvalue weighted by Crippen LogP contribution is -2.70. The van der Waals surface area contributed by atoms with Gasteiger partial charge in [0.05, 0.1) is 35.9 Å². The molecule has 8 N–H and O–H groups in total. The Labute approximate surface area is 223 Å². The van der Waals surface area contributed by atoms with Crippen molar-refractivity contribution in [2.45, 2.75) is 30.6 Å². The fourth-order valence-corrected chi connectivity index (χ4v) is 6.19. The van der Waals surface area contributed by atoms with Gasteiger partial charge in [-0.3, -0.25) is 24.1 Å². The van der Waals surface area contributed by atoms with E-state index in [1.54, 1.807) is 25.9 Å². The normalized spacial score (nSPS) is 30.3. The minimum absolute atomic E-state index is 0.000736. The maximum atomic E-state index is 14.0. The molecule has 0 heterocycles. The predicted molar refractivity (Wildman–Crippen MR) is 138 cm³/mol. The van der Waals surface area contributed by atoms with Crippen LogP contribution in [0.15, 0.2) is 29.0 Å². The Bertz CT molecular complexity index is 1370. The lowest BCUT2D eigenvalue weighted by atomic mass is 9.54. The third-order valence-electron chi connectivity index (χ3n) is 7.86. The van der Waals surface area contributed by atoms with Crippen LogP contribution in [0.25, 0.3) is 5.76 Å². The van der Waals surface area contributed by atoms with E-state index in [1.807, 2.05) is 0 Å². The number of carbonyl (C=O) groups excluding carboxylic acids is 4. The molecule has 3 aliphatic rings. The van der Waals surface area contributed by atoms with Crippen LogP contribution in [0.5, 0.6) is 5.75 Å². The average Bonchev–Trinajstić information content (AvgIpc) is 2.82. The van der Waals surface area contributed by atoms with Crippen LogP contribution in [-0.2, 0) is 19.2 Å². The number of benzene rings is 1. The van der Waals surface area contributed by atoms with E-state index in [-0.39, 0.29) is 17.8 Å². The largest absolute Gasteiger partial charge is 0.508 e. The number of primary amides is 1. The van der Waals surface area contributed by atoms with Crippen molar-refractivity contribution in [1.29, 1.82) is 0 Å². The first-order valence-electron chi connectivity index (χ1n) is 12.2. The van der Waals surface area contributed by atoms with E-state index in [2.05, 4.69) is 5.32 Å². The Morgan fingerprint density at radius 1 is 1.10 bits per heavy atom. The standard InChI is InChI=1S/C26H32N4O9/c1-9-10-6-7-11(28-12(31)8-29(2)3)19(32)14(10)20(33)15-13(9)21(34)17-18(30(4)5)22(35)16(25(27)38)24(37)26(17,39)23(15)36/h6-7,9,13,17-18,21,32-34,37,39H,8H2,1-5H3,(H2,27,38)(H,28,31)/t9?,13?,17?,18-,21-,26-/m0/s1. The number of phenols is 1. The van der Waals surface area contributed by atoms with E-state index in [4.69, 9.17) is 5.73 Å². The molecule has 1 saturated carbocycles. The number of likely N-dealkylation sites (N-methyl/N-ethyl adjacent to an activating group) is 2. The van der Waals surface area contributed by atoms with Crippen LogP contribution in [0.4, 0.5) is 5.69 Å². The van der Waals surface area contributed by atoms with E-state index in [0.717, 1.165) is 0 Å². The molecule has 0 radical (unpaired) electrons. The summed E-state index contributed by atoms with van der Waals surface area (Å²) < 4.78 is 0. The number of phenolic OH excluding ortho intramolecular Hbond substituents is 1. The highest BCUT2D eigenvalue weighted by Crippen LogP contribution is 2.56. The lowest BCUT2D eigenvalue weighted by molar-refractivity contribution is -0.169. The Morgan fingerprint density at radius 3 is 2.26 bits per heavy atom. The quantitative estimate of drug-likeness (QED) is 0.176. The van der Waals surface area contributed by atoms with Gasteiger partial charge in [-0.05, 0) is 45.7 Å². The molecule has 1 fully saturated rings. The fourth-order valence-electron chi connectivity index (χ4n) is 6.19. The number of anilines is 1. The number of hydrogen-bond acceptors (Lipinski definition) is 11. The number of carbonyl (C=O) groups is 4. The van der Waals surface area contributed by atoms with Crippen LogP contribution in [0.2, 0.25) is 0 Å². The van der Waals surface area contributed by atoms with Crippen LogP contribution in [0.1, 0.15) is 24.0 Å². The molecule has 4 rings (SSSR count). The fraction of sp³-hybridized carbons (Fsp3) is 0.462. The van der Waals surface area contributed by atoms with Gasteiger partial charge in [0.1, 0.15) is 22.8 Å². The van der Waals surface area contributed by atoms with Gasteiger partial charge in [-0.15, -0.1) is 0 Å². The van der Waals surface area contributed by atoms with Crippen molar-refractivity contribution in [2.75, 3.05) is 40.1 Å². The highest BCUT2D eigenvalue weighted by Gasteiger charge is 2.68. The third kappa shape index (κ3) is 3.92. The van der Waals surface area contributed by atoms with Crippen molar-refractivity contribution in [2.24, 2.45) is 17.6 Å². The van der Waals surface area contributed by atoms with E-state index < -0.39 is 87.3 Å². The summed E-state index contributed by atoms with van der Waals surface area (Å²) in [7, 11) is 6.23. The molecule has 13 heteroatoms. The van der Waals surface area contributed by atoms with E-state index in [0.29, 0.717) is 5.56 Å². The first-order chi connectivity index (χ1) is 18.1. The second-order valence-electron chi connectivity index (χ2n) is 10.8. The molecule has 1 aromatic rings. The molecule has 13 nitrogen and oxygen atoms in total. The summed E-state index contributed by atoms with van der Waals surface area (Å²) in [6.45, 7) is 1.63. The molecule has 6 atom stereocenters. The molecule has 2 amide bonds. The third-order valence-corrected chi connectivity index (χ3v) is 7.86.